The number of Topliss-reactive ketones (excluding diaryl/α,β-unsaturated/α-hetero) is 1. The molecule has 5 aliphatic heterocycles. The summed E-state index contributed by atoms with van der Waals surface area (Å²) in [5.41, 5.74) is -1.14. The highest BCUT2D eigenvalue weighted by Gasteiger charge is 2.52. The summed E-state index contributed by atoms with van der Waals surface area (Å²) in [5.74, 6) is -3.63. The number of esters is 1. The molecule has 82 heavy (non-hydrogen) atoms. The molecule has 1 aliphatic carbocycles. The van der Waals surface area contributed by atoms with Crippen LogP contribution >= 0.6 is 0 Å². The van der Waals surface area contributed by atoms with E-state index in [1.807, 2.05) is 6.92 Å². The molecular weight excluding hydrogens is 1080 g/mol. The van der Waals surface area contributed by atoms with Crippen molar-refractivity contribution >= 4 is 22.5 Å². The van der Waals surface area contributed by atoms with E-state index in [0.29, 0.717) is 17.4 Å². The van der Waals surface area contributed by atoms with Gasteiger partial charge in [0.15, 0.2) is 37.0 Å². The third-order valence-corrected chi connectivity index (χ3v) is 17.4. The predicted octanol–water partition coefficient (Wildman–Crippen LogP) is 2.82. The number of benzene rings is 2. The number of aromatic hydroxyl groups is 2. The lowest BCUT2D eigenvalue weighted by molar-refractivity contribution is -0.334. The number of aliphatic hydroxyl groups excluding tert-OH is 6. The van der Waals surface area contributed by atoms with E-state index >= 15 is 4.79 Å². The van der Waals surface area contributed by atoms with Crippen molar-refractivity contribution < 1.29 is 117 Å². The Labute approximate surface area is 478 Å². The summed E-state index contributed by atoms with van der Waals surface area (Å²) < 4.78 is 79.3. The molecule has 5 fully saturated rings. The van der Waals surface area contributed by atoms with Gasteiger partial charge in [0.25, 0.3) is 0 Å². The molecule has 5 saturated heterocycles. The van der Waals surface area contributed by atoms with E-state index in [-0.39, 0.29) is 67.2 Å². The van der Waals surface area contributed by atoms with Crippen LogP contribution < -0.4 is 4.74 Å². The lowest BCUT2D eigenvalue weighted by Crippen LogP contribution is -2.59. The van der Waals surface area contributed by atoms with Crippen LogP contribution in [0.5, 0.6) is 17.2 Å². The Morgan fingerprint density at radius 1 is 0.732 bits per heavy atom. The molecule has 24 nitrogen and oxygen atoms in total. The number of rotatable bonds is 19. The van der Waals surface area contributed by atoms with Crippen molar-refractivity contribution in [3.8, 4) is 17.2 Å². The summed E-state index contributed by atoms with van der Waals surface area (Å²) >= 11 is 0. The summed E-state index contributed by atoms with van der Waals surface area (Å²) in [6.45, 7) is 16.3. The van der Waals surface area contributed by atoms with Crippen LogP contribution in [0.4, 0.5) is 0 Å². The number of ether oxygens (including phenoxy) is 13. The van der Waals surface area contributed by atoms with Crippen LogP contribution in [0, 0.1) is 18.8 Å². The third-order valence-electron chi connectivity index (χ3n) is 17.4. The number of hydrogen-bond donors (Lipinski definition) is 9. The zero-order valence-corrected chi connectivity index (χ0v) is 48.9. The second kappa shape index (κ2) is 26.6. The highest BCUT2D eigenvalue weighted by molar-refractivity contribution is 6.11. The van der Waals surface area contributed by atoms with Crippen molar-refractivity contribution in [1.29, 1.82) is 0 Å². The first-order valence-electron chi connectivity index (χ1n) is 28.8. The molecule has 0 amide bonds. The van der Waals surface area contributed by atoms with Crippen LogP contribution in [-0.2, 0) is 68.1 Å². The number of phenols is 2. The van der Waals surface area contributed by atoms with Crippen LogP contribution in [0.3, 0.4) is 0 Å². The second-order valence-corrected chi connectivity index (χ2v) is 23.7. The highest BCUT2D eigenvalue weighted by atomic mass is 16.7. The molecule has 0 saturated carbocycles. The van der Waals surface area contributed by atoms with Gasteiger partial charge in [-0.3, -0.25) is 9.59 Å². The van der Waals surface area contributed by atoms with E-state index in [0.717, 1.165) is 0 Å². The summed E-state index contributed by atoms with van der Waals surface area (Å²) in [5, 5.41) is 102. The molecule has 5 heterocycles. The Kier molecular flexibility index (Phi) is 21.0. The van der Waals surface area contributed by atoms with Gasteiger partial charge in [-0.2, -0.15) is 0 Å². The minimum Gasteiger partial charge on any atom is -0.507 e. The molecule has 0 bridgehead atoms. The molecule has 2 aromatic rings. The number of carbonyl (C=O) groups is 2. The summed E-state index contributed by atoms with van der Waals surface area (Å²) in [4.78, 5) is 27.6. The molecular formula is C58H88O24. The van der Waals surface area contributed by atoms with Crippen LogP contribution in [0.15, 0.2) is 12.1 Å². The third kappa shape index (κ3) is 13.7. The predicted molar refractivity (Wildman–Crippen MR) is 286 cm³/mol. The van der Waals surface area contributed by atoms with Gasteiger partial charge in [-0.25, -0.2) is 0 Å². The number of methoxy groups -OCH3 is 2. The SMILES string of the molecule is CCCC(=O)OC1C(C)OC(OC2CC(OC3CC(OC4C(=O)c5c(cc6cc(OC7CC(OC8CC(O)C(OC)C(C)O8)C(O)C(C)O7)c(C)c(O)c6c5O)CC4C(OC)C(C)C(O)C(C)O)OC(C)C3O)OC(C)C2O)CC1(C)O. The van der Waals surface area contributed by atoms with E-state index in [9.17, 15) is 50.8 Å². The topological polar surface area (TPSA) is 336 Å². The molecule has 9 N–H and O–H groups in total. The first-order chi connectivity index (χ1) is 38.7. The zero-order valence-electron chi connectivity index (χ0n) is 48.9. The monoisotopic (exact) mass is 1170 g/mol. The van der Waals surface area contributed by atoms with Crippen molar-refractivity contribution in [2.45, 2.75) is 268 Å². The van der Waals surface area contributed by atoms with Crippen LogP contribution in [0.2, 0.25) is 0 Å². The van der Waals surface area contributed by atoms with Gasteiger partial charge in [-0.1, -0.05) is 13.8 Å². The van der Waals surface area contributed by atoms with E-state index in [1.165, 1.54) is 28.1 Å². The standard InChI is InChI=1S/C58H88O24/c1-13-14-39(61)81-57-30(9)76-44(22-58(57,10)69)80-38-20-42(73-27(6)51(38)66)79-37-21-43(74-28(7)50(37)65)82-56-33(54(70-11)24(3)47(62)25(4)59)16-31-15-32-17-35(23(2)48(63)45(32)52(67)46(31)53(56)68)77-41-19-36(49(64)26(5)72-41)78-40-18-34(60)55(71-12)29(8)75-40/h15,17,24-30,33-34,36-38,40-44,47,49-51,54-57,59-60,62-67,69H,13-14,16,18-22H2,1-12H3. The van der Waals surface area contributed by atoms with Gasteiger partial charge < -0.3 is 108 Å². The smallest absolute Gasteiger partial charge is 0.306 e. The second-order valence-electron chi connectivity index (χ2n) is 23.7. The number of fused-ring (bicyclic) bond motifs is 2. The molecule has 26 atom stereocenters. The summed E-state index contributed by atoms with van der Waals surface area (Å²) in [6, 6.07) is 3.24. The average Bonchev–Trinajstić information content (AvgIpc) is 1.43. The largest absolute Gasteiger partial charge is 0.507 e. The Bertz CT molecular complexity index is 2480. The van der Waals surface area contributed by atoms with Crippen molar-refractivity contribution in [1.82, 2.24) is 0 Å². The lowest BCUT2D eigenvalue weighted by Gasteiger charge is -2.47. The minimum atomic E-state index is -1.53. The fraction of sp³-hybridized carbons (Fsp3) is 0.793. The molecule has 464 valence electrons. The van der Waals surface area contributed by atoms with Crippen LogP contribution in [-0.4, -0.2) is 219 Å². The van der Waals surface area contributed by atoms with Gasteiger partial charge in [0.05, 0.1) is 84.2 Å². The van der Waals surface area contributed by atoms with Crippen molar-refractivity contribution in [3.05, 3.63) is 28.8 Å². The van der Waals surface area contributed by atoms with Gasteiger partial charge in [-0.15, -0.1) is 0 Å². The molecule has 0 aromatic heterocycles. The number of hydrogen-bond acceptors (Lipinski definition) is 24. The first kappa shape index (κ1) is 64.5. The Balaban J connectivity index is 1.02. The number of phenolic OH excluding ortho intramolecular Hbond substituents is 2. The number of carbonyl (C=O) groups excluding carboxylic acids is 2. The van der Waals surface area contributed by atoms with Gasteiger partial charge in [-0.05, 0) is 91.3 Å². The van der Waals surface area contributed by atoms with Crippen molar-refractivity contribution in [2.24, 2.45) is 11.8 Å². The normalized spacial score (nSPS) is 40.6. The maximum absolute atomic E-state index is 15.2. The van der Waals surface area contributed by atoms with Gasteiger partial charge in [0, 0.05) is 70.1 Å². The van der Waals surface area contributed by atoms with E-state index < -0.39 is 182 Å². The maximum atomic E-state index is 15.2. The minimum absolute atomic E-state index is 0.00318. The zero-order chi connectivity index (χ0) is 60.0. The van der Waals surface area contributed by atoms with Crippen LogP contribution in [0.1, 0.15) is 129 Å². The maximum Gasteiger partial charge on any atom is 0.306 e. The molecule has 26 unspecified atom stereocenters. The van der Waals surface area contributed by atoms with E-state index in [4.69, 9.17) is 61.6 Å². The quantitative estimate of drug-likeness (QED) is 0.0913. The van der Waals surface area contributed by atoms with E-state index in [1.54, 1.807) is 60.6 Å². The van der Waals surface area contributed by atoms with Crippen molar-refractivity contribution in [2.75, 3.05) is 14.2 Å². The number of ketones is 1. The van der Waals surface area contributed by atoms with Gasteiger partial charge in [0.2, 0.25) is 6.29 Å². The van der Waals surface area contributed by atoms with Crippen molar-refractivity contribution in [3.63, 3.8) is 0 Å². The van der Waals surface area contributed by atoms with E-state index in [2.05, 4.69) is 0 Å². The lowest BCUT2D eigenvalue weighted by atomic mass is 9.72. The fourth-order valence-corrected chi connectivity index (χ4v) is 12.8. The summed E-state index contributed by atoms with van der Waals surface area (Å²) in [7, 11) is 2.89. The average molecular weight is 1170 g/mol. The Morgan fingerprint density at radius 2 is 1.26 bits per heavy atom. The highest BCUT2D eigenvalue weighted by Crippen LogP contribution is 2.48. The molecule has 0 spiro atoms. The first-order valence-corrected chi connectivity index (χ1v) is 28.8. The molecule has 2 aromatic carbocycles. The fourth-order valence-electron chi connectivity index (χ4n) is 12.8. The number of aliphatic hydroxyl groups is 7. The molecule has 8 rings (SSSR count). The Hall–Kier alpha value is -3.48. The van der Waals surface area contributed by atoms with Gasteiger partial charge >= 0.3 is 5.97 Å². The Morgan fingerprint density at radius 3 is 1.79 bits per heavy atom. The van der Waals surface area contributed by atoms with Gasteiger partial charge in [0.1, 0.15) is 53.4 Å². The molecule has 24 heteroatoms. The summed E-state index contributed by atoms with van der Waals surface area (Å²) in [6.07, 6.45) is -22.0. The van der Waals surface area contributed by atoms with Crippen LogP contribution in [0.25, 0.3) is 10.8 Å². The molecule has 6 aliphatic rings. The molecule has 0 radical (unpaired) electrons.